The number of piperidine rings is 1. The molecule has 2 fully saturated rings. The lowest BCUT2D eigenvalue weighted by Crippen LogP contribution is -2.44. The first-order valence-electron chi connectivity index (χ1n) is 10.5. The van der Waals surface area contributed by atoms with E-state index in [2.05, 4.69) is 31.2 Å². The highest BCUT2D eigenvalue weighted by Gasteiger charge is 2.38. The Morgan fingerprint density at radius 1 is 1.00 bits per heavy atom. The van der Waals surface area contributed by atoms with Crippen LogP contribution in [0.2, 0.25) is 5.02 Å². The van der Waals surface area contributed by atoms with Crippen molar-refractivity contribution in [1.82, 2.24) is 9.21 Å². The molecule has 0 radical (unpaired) electrons. The van der Waals surface area contributed by atoms with Gasteiger partial charge in [-0.05, 0) is 62.4 Å². The third-order valence-electron chi connectivity index (χ3n) is 6.00. The van der Waals surface area contributed by atoms with Gasteiger partial charge in [-0.15, -0.1) is 0 Å². The molecule has 0 N–H and O–H groups in total. The molecular formula is C23H27ClN2O3S. The molecule has 0 aromatic heterocycles. The van der Waals surface area contributed by atoms with E-state index in [-0.39, 0.29) is 16.7 Å². The van der Waals surface area contributed by atoms with Crippen LogP contribution in [0.4, 0.5) is 0 Å². The number of aryl methyl sites for hydroxylation is 1. The van der Waals surface area contributed by atoms with Crippen molar-refractivity contribution in [2.75, 3.05) is 13.1 Å². The van der Waals surface area contributed by atoms with Gasteiger partial charge in [0.2, 0.25) is 15.9 Å². The van der Waals surface area contributed by atoms with Gasteiger partial charge in [0.25, 0.3) is 0 Å². The lowest BCUT2D eigenvalue weighted by atomic mass is 9.96. The third-order valence-corrected chi connectivity index (χ3v) is 8.16. The fourth-order valence-electron chi connectivity index (χ4n) is 4.00. The molecule has 0 spiro atoms. The Labute approximate surface area is 183 Å². The van der Waals surface area contributed by atoms with E-state index in [1.165, 1.54) is 22.0 Å². The van der Waals surface area contributed by atoms with Gasteiger partial charge in [-0.2, -0.15) is 4.31 Å². The highest BCUT2D eigenvalue weighted by atomic mass is 35.5. The van der Waals surface area contributed by atoms with Crippen LogP contribution in [0.1, 0.15) is 36.8 Å². The van der Waals surface area contributed by atoms with Crippen molar-refractivity contribution in [2.45, 2.75) is 50.1 Å². The highest BCUT2D eigenvalue weighted by molar-refractivity contribution is 7.89. The summed E-state index contributed by atoms with van der Waals surface area (Å²) in [5.41, 5.74) is 2.35. The van der Waals surface area contributed by atoms with Crippen LogP contribution >= 0.6 is 11.6 Å². The zero-order chi connectivity index (χ0) is 21.3. The molecule has 5 nitrogen and oxygen atoms in total. The molecule has 1 amide bonds. The molecule has 0 atom stereocenters. The number of hydrogen-bond acceptors (Lipinski definition) is 3. The van der Waals surface area contributed by atoms with E-state index < -0.39 is 10.0 Å². The molecule has 0 bridgehead atoms. The first-order valence-corrected chi connectivity index (χ1v) is 12.3. The van der Waals surface area contributed by atoms with Crippen LogP contribution in [0.25, 0.3) is 0 Å². The van der Waals surface area contributed by atoms with Crippen molar-refractivity contribution < 1.29 is 13.2 Å². The predicted molar refractivity (Wildman–Crippen MR) is 118 cm³/mol. The maximum absolute atomic E-state index is 13.3. The summed E-state index contributed by atoms with van der Waals surface area (Å²) in [7, 11) is -3.56. The van der Waals surface area contributed by atoms with Crippen molar-refractivity contribution >= 4 is 27.5 Å². The van der Waals surface area contributed by atoms with E-state index in [0.717, 1.165) is 18.4 Å². The minimum absolute atomic E-state index is 0.118. The molecule has 2 aromatic carbocycles. The second-order valence-corrected chi connectivity index (χ2v) is 10.7. The minimum Gasteiger partial charge on any atom is -0.335 e. The number of benzene rings is 2. The zero-order valence-electron chi connectivity index (χ0n) is 17.1. The van der Waals surface area contributed by atoms with Gasteiger partial charge < -0.3 is 4.90 Å². The summed E-state index contributed by atoms with van der Waals surface area (Å²) in [5, 5.41) is 0.506. The molecule has 1 aliphatic carbocycles. The van der Waals surface area contributed by atoms with Gasteiger partial charge in [0.1, 0.15) is 0 Å². The van der Waals surface area contributed by atoms with Crippen molar-refractivity contribution in [3.8, 4) is 0 Å². The summed E-state index contributed by atoms with van der Waals surface area (Å²) in [4.78, 5) is 15.5. The van der Waals surface area contributed by atoms with Gasteiger partial charge in [-0.3, -0.25) is 4.79 Å². The molecule has 0 unspecified atom stereocenters. The summed E-state index contributed by atoms with van der Waals surface area (Å²) in [6.07, 6.45) is 3.23. The highest BCUT2D eigenvalue weighted by Crippen LogP contribution is 2.33. The Morgan fingerprint density at radius 3 is 2.17 bits per heavy atom. The quantitative estimate of drug-likeness (QED) is 0.666. The lowest BCUT2D eigenvalue weighted by molar-refractivity contribution is -0.138. The number of carbonyl (C=O) groups excluding carboxylic acids is 1. The number of halogens is 1. The number of nitrogens with zero attached hydrogens (tertiary/aromatic N) is 2. The van der Waals surface area contributed by atoms with Crippen LogP contribution in [-0.2, 0) is 21.4 Å². The number of amides is 1. The normalized spacial score (nSPS) is 18.3. The van der Waals surface area contributed by atoms with E-state index in [0.29, 0.717) is 43.5 Å². The van der Waals surface area contributed by atoms with Crippen LogP contribution < -0.4 is 0 Å². The Kier molecular flexibility index (Phi) is 6.19. The maximum Gasteiger partial charge on any atom is 0.243 e. The molecule has 7 heteroatoms. The lowest BCUT2D eigenvalue weighted by Gasteiger charge is -2.34. The largest absolute Gasteiger partial charge is 0.335 e. The van der Waals surface area contributed by atoms with Gasteiger partial charge in [0.15, 0.2) is 0 Å². The predicted octanol–water partition coefficient (Wildman–Crippen LogP) is 4.24. The van der Waals surface area contributed by atoms with E-state index in [9.17, 15) is 13.2 Å². The van der Waals surface area contributed by atoms with Crippen molar-refractivity contribution in [1.29, 1.82) is 0 Å². The van der Waals surface area contributed by atoms with Crippen molar-refractivity contribution in [3.05, 3.63) is 64.7 Å². The second-order valence-electron chi connectivity index (χ2n) is 8.32. The topological polar surface area (TPSA) is 57.7 Å². The summed E-state index contributed by atoms with van der Waals surface area (Å²) in [5.74, 6) is 0.0503. The SMILES string of the molecule is Cc1ccc(CN(C(=O)C2CCN(S(=O)(=O)c3ccc(Cl)cc3)CC2)C2CC2)cc1. The number of sulfonamides is 1. The van der Waals surface area contributed by atoms with E-state index in [4.69, 9.17) is 11.6 Å². The summed E-state index contributed by atoms with van der Waals surface area (Å²) >= 11 is 5.88. The standard InChI is InChI=1S/C23H27ClN2O3S/c1-17-2-4-18(5-3-17)16-26(21-8-9-21)23(27)19-12-14-25(15-13-19)30(28,29)22-10-6-20(24)7-11-22/h2-7,10-11,19,21H,8-9,12-16H2,1H3. The first-order chi connectivity index (χ1) is 14.3. The van der Waals surface area contributed by atoms with Gasteiger partial charge >= 0.3 is 0 Å². The first kappa shape index (κ1) is 21.3. The molecule has 1 aliphatic heterocycles. The Balaban J connectivity index is 1.40. The molecule has 160 valence electrons. The molecule has 1 heterocycles. The van der Waals surface area contributed by atoms with E-state index >= 15 is 0 Å². The van der Waals surface area contributed by atoms with Crippen LogP contribution in [-0.4, -0.2) is 42.7 Å². The monoisotopic (exact) mass is 446 g/mol. The number of rotatable bonds is 6. The summed E-state index contributed by atoms with van der Waals surface area (Å²) < 4.78 is 27.3. The van der Waals surface area contributed by atoms with Crippen molar-refractivity contribution in [2.24, 2.45) is 5.92 Å². The average Bonchev–Trinajstić information content (AvgIpc) is 3.58. The van der Waals surface area contributed by atoms with Gasteiger partial charge in [-0.1, -0.05) is 41.4 Å². The Morgan fingerprint density at radius 2 is 1.60 bits per heavy atom. The maximum atomic E-state index is 13.3. The number of hydrogen-bond donors (Lipinski definition) is 0. The van der Waals surface area contributed by atoms with Gasteiger partial charge in [-0.25, -0.2) is 8.42 Å². The van der Waals surface area contributed by atoms with Crippen LogP contribution in [0.15, 0.2) is 53.4 Å². The smallest absolute Gasteiger partial charge is 0.243 e. The van der Waals surface area contributed by atoms with Gasteiger partial charge in [0.05, 0.1) is 4.90 Å². The molecule has 2 aliphatic rings. The number of carbonyl (C=O) groups is 1. The molecular weight excluding hydrogens is 420 g/mol. The Hall–Kier alpha value is -1.89. The minimum atomic E-state index is -3.56. The van der Waals surface area contributed by atoms with Crippen LogP contribution in [0.5, 0.6) is 0 Å². The summed E-state index contributed by atoms with van der Waals surface area (Å²) in [6.45, 7) is 3.42. The zero-order valence-corrected chi connectivity index (χ0v) is 18.7. The third kappa shape index (κ3) is 4.71. The fraction of sp³-hybridized carbons (Fsp3) is 0.435. The molecule has 2 aromatic rings. The molecule has 30 heavy (non-hydrogen) atoms. The summed E-state index contributed by atoms with van der Waals surface area (Å²) in [6, 6.07) is 14.9. The Bertz CT molecular complexity index is 994. The molecule has 1 saturated heterocycles. The van der Waals surface area contributed by atoms with Gasteiger partial charge in [0, 0.05) is 36.6 Å². The van der Waals surface area contributed by atoms with E-state index in [1.807, 2.05) is 4.90 Å². The average molecular weight is 447 g/mol. The molecule has 4 rings (SSSR count). The van der Waals surface area contributed by atoms with Crippen LogP contribution in [0.3, 0.4) is 0 Å². The fourth-order valence-corrected chi connectivity index (χ4v) is 5.59. The van der Waals surface area contributed by atoms with Crippen molar-refractivity contribution in [3.63, 3.8) is 0 Å². The van der Waals surface area contributed by atoms with E-state index in [1.54, 1.807) is 12.1 Å². The second kappa shape index (κ2) is 8.69. The molecule has 1 saturated carbocycles. The van der Waals surface area contributed by atoms with Crippen LogP contribution in [0, 0.1) is 12.8 Å².